The second-order valence-electron chi connectivity index (χ2n) is 5.12. The predicted molar refractivity (Wildman–Crippen MR) is 72.8 cm³/mol. The molecule has 1 fully saturated rings. The van der Waals surface area contributed by atoms with Gasteiger partial charge in [0.1, 0.15) is 6.54 Å². The van der Waals surface area contributed by atoms with Gasteiger partial charge in [0.25, 0.3) is 6.43 Å². The van der Waals surface area contributed by atoms with Crippen LogP contribution in [0.5, 0.6) is 0 Å². The fourth-order valence-corrected chi connectivity index (χ4v) is 2.70. The van der Waals surface area contributed by atoms with E-state index in [1.807, 2.05) is 6.20 Å². The molecule has 1 aliphatic heterocycles. The maximum absolute atomic E-state index is 12.6. The quantitative estimate of drug-likeness (QED) is 0.865. The molecule has 2 N–H and O–H groups in total. The first-order chi connectivity index (χ1) is 10.2. The van der Waals surface area contributed by atoms with Crippen LogP contribution in [0.4, 0.5) is 8.78 Å². The van der Waals surface area contributed by atoms with Gasteiger partial charge in [-0.25, -0.2) is 8.78 Å². The number of aromatic amines is 1. The predicted octanol–water partition coefficient (Wildman–Crippen LogP) is 1.02. The lowest BCUT2D eigenvalue weighted by Gasteiger charge is -2.35. The molecule has 114 valence electrons. The van der Waals surface area contributed by atoms with Gasteiger partial charge in [-0.15, -0.1) is 0 Å². The first-order valence-corrected chi connectivity index (χ1v) is 6.96. The SMILES string of the molecule is FC(F)Cn1nccc1CN1CCNCC1c1cn[nH]c1. The zero-order valence-electron chi connectivity index (χ0n) is 11.5. The van der Waals surface area contributed by atoms with E-state index >= 15 is 0 Å². The highest BCUT2D eigenvalue weighted by atomic mass is 19.3. The number of hydrogen-bond donors (Lipinski definition) is 2. The van der Waals surface area contributed by atoms with E-state index in [9.17, 15) is 8.78 Å². The van der Waals surface area contributed by atoms with Crippen molar-refractivity contribution in [3.63, 3.8) is 0 Å². The Morgan fingerprint density at radius 3 is 3.10 bits per heavy atom. The van der Waals surface area contributed by atoms with E-state index < -0.39 is 6.43 Å². The number of nitrogens with zero attached hydrogens (tertiary/aromatic N) is 4. The molecular formula is C13H18F2N6. The molecule has 1 aliphatic rings. The molecule has 0 aliphatic carbocycles. The summed E-state index contributed by atoms with van der Waals surface area (Å²) in [6.07, 6.45) is 2.87. The number of aromatic nitrogens is 4. The lowest BCUT2D eigenvalue weighted by molar-refractivity contribution is 0.114. The van der Waals surface area contributed by atoms with Crippen LogP contribution >= 0.6 is 0 Å². The van der Waals surface area contributed by atoms with Crippen molar-refractivity contribution in [2.45, 2.75) is 25.6 Å². The fourth-order valence-electron chi connectivity index (χ4n) is 2.70. The fraction of sp³-hybridized carbons (Fsp3) is 0.538. The number of piperazine rings is 1. The molecule has 0 radical (unpaired) electrons. The summed E-state index contributed by atoms with van der Waals surface area (Å²) >= 11 is 0. The summed E-state index contributed by atoms with van der Waals surface area (Å²) in [5.74, 6) is 0. The minimum absolute atomic E-state index is 0.187. The molecule has 0 aromatic carbocycles. The van der Waals surface area contributed by atoms with E-state index in [1.54, 1.807) is 18.5 Å². The summed E-state index contributed by atoms with van der Waals surface area (Å²) in [5.41, 5.74) is 1.91. The Kier molecular flexibility index (Phi) is 4.26. The maximum atomic E-state index is 12.6. The van der Waals surface area contributed by atoms with Gasteiger partial charge in [-0.05, 0) is 6.07 Å². The third-order valence-corrected chi connectivity index (χ3v) is 3.74. The normalized spacial score (nSPS) is 20.2. The third kappa shape index (κ3) is 3.27. The molecule has 0 spiro atoms. The van der Waals surface area contributed by atoms with Gasteiger partial charge in [-0.1, -0.05) is 0 Å². The van der Waals surface area contributed by atoms with Gasteiger partial charge in [0.05, 0.1) is 17.9 Å². The maximum Gasteiger partial charge on any atom is 0.257 e. The van der Waals surface area contributed by atoms with Crippen molar-refractivity contribution in [3.05, 3.63) is 35.9 Å². The minimum Gasteiger partial charge on any atom is -0.314 e. The summed E-state index contributed by atoms with van der Waals surface area (Å²) in [7, 11) is 0. The summed E-state index contributed by atoms with van der Waals surface area (Å²) < 4.78 is 26.5. The topological polar surface area (TPSA) is 61.8 Å². The van der Waals surface area contributed by atoms with Crippen molar-refractivity contribution < 1.29 is 8.78 Å². The first kappa shape index (κ1) is 14.2. The summed E-state index contributed by atoms with van der Waals surface area (Å²) in [4.78, 5) is 2.26. The van der Waals surface area contributed by atoms with Crippen molar-refractivity contribution >= 4 is 0 Å². The molecule has 3 rings (SSSR count). The lowest BCUT2D eigenvalue weighted by Crippen LogP contribution is -2.45. The Bertz CT molecular complexity index is 553. The van der Waals surface area contributed by atoms with E-state index in [0.29, 0.717) is 6.54 Å². The second kappa shape index (κ2) is 6.31. The molecule has 1 unspecified atom stereocenters. The van der Waals surface area contributed by atoms with Crippen LogP contribution in [0.3, 0.4) is 0 Å². The highest BCUT2D eigenvalue weighted by Crippen LogP contribution is 2.23. The molecule has 21 heavy (non-hydrogen) atoms. The van der Waals surface area contributed by atoms with Crippen LogP contribution in [-0.2, 0) is 13.1 Å². The molecule has 2 aromatic rings. The van der Waals surface area contributed by atoms with Crippen molar-refractivity contribution in [1.82, 2.24) is 30.2 Å². The Balaban J connectivity index is 1.74. The Morgan fingerprint density at radius 1 is 1.43 bits per heavy atom. The molecule has 3 heterocycles. The van der Waals surface area contributed by atoms with Gasteiger partial charge in [0.2, 0.25) is 0 Å². The first-order valence-electron chi connectivity index (χ1n) is 6.96. The summed E-state index contributed by atoms with van der Waals surface area (Å²) in [6, 6.07) is 1.99. The lowest BCUT2D eigenvalue weighted by atomic mass is 10.1. The number of halogens is 2. The molecule has 0 amide bonds. The molecule has 0 bridgehead atoms. The van der Waals surface area contributed by atoms with Crippen LogP contribution in [0.2, 0.25) is 0 Å². The summed E-state index contributed by atoms with van der Waals surface area (Å²) in [6.45, 7) is 2.81. The minimum atomic E-state index is -2.39. The zero-order chi connectivity index (χ0) is 14.7. The highest BCUT2D eigenvalue weighted by molar-refractivity contribution is 5.12. The Hall–Kier alpha value is -1.80. The largest absolute Gasteiger partial charge is 0.314 e. The van der Waals surface area contributed by atoms with Crippen LogP contribution in [0.1, 0.15) is 17.3 Å². The van der Waals surface area contributed by atoms with Gasteiger partial charge in [-0.3, -0.25) is 14.7 Å². The van der Waals surface area contributed by atoms with Crippen LogP contribution in [0.25, 0.3) is 0 Å². The molecule has 1 atom stereocenters. The second-order valence-corrected chi connectivity index (χ2v) is 5.12. The van der Waals surface area contributed by atoms with Crippen LogP contribution in [-0.4, -0.2) is 50.9 Å². The number of alkyl halides is 2. The molecule has 1 saturated heterocycles. The average molecular weight is 296 g/mol. The molecule has 8 heteroatoms. The standard InChI is InChI=1S/C13H18F2N6/c14-13(15)9-21-11(1-2-19-21)8-20-4-3-16-7-12(20)10-5-17-18-6-10/h1-2,5-6,12-13,16H,3-4,7-9H2,(H,17,18). The van der Waals surface area contributed by atoms with Gasteiger partial charge < -0.3 is 5.32 Å². The van der Waals surface area contributed by atoms with Crippen molar-refractivity contribution in [2.75, 3.05) is 19.6 Å². The van der Waals surface area contributed by atoms with Crippen LogP contribution < -0.4 is 5.32 Å². The summed E-state index contributed by atoms with van der Waals surface area (Å²) in [5, 5.41) is 14.2. The molecular weight excluding hydrogens is 278 g/mol. The van der Waals surface area contributed by atoms with E-state index in [1.165, 1.54) is 4.68 Å². The van der Waals surface area contributed by atoms with E-state index in [-0.39, 0.29) is 12.6 Å². The van der Waals surface area contributed by atoms with Gasteiger partial charge in [-0.2, -0.15) is 10.2 Å². The van der Waals surface area contributed by atoms with Crippen molar-refractivity contribution in [3.8, 4) is 0 Å². The third-order valence-electron chi connectivity index (χ3n) is 3.74. The van der Waals surface area contributed by atoms with Crippen LogP contribution in [0, 0.1) is 0 Å². The molecule has 0 saturated carbocycles. The van der Waals surface area contributed by atoms with Gasteiger partial charge >= 0.3 is 0 Å². The highest BCUT2D eigenvalue weighted by Gasteiger charge is 2.25. The van der Waals surface area contributed by atoms with E-state index in [2.05, 4.69) is 25.5 Å². The molecule has 6 nitrogen and oxygen atoms in total. The Labute approximate surface area is 121 Å². The Morgan fingerprint density at radius 2 is 2.33 bits per heavy atom. The van der Waals surface area contributed by atoms with E-state index in [4.69, 9.17) is 0 Å². The average Bonchev–Trinajstić information content (AvgIpc) is 3.11. The monoisotopic (exact) mass is 296 g/mol. The van der Waals surface area contributed by atoms with E-state index in [0.717, 1.165) is 30.9 Å². The van der Waals surface area contributed by atoms with Gasteiger partial charge in [0, 0.05) is 44.1 Å². The smallest absolute Gasteiger partial charge is 0.257 e. The van der Waals surface area contributed by atoms with Crippen molar-refractivity contribution in [1.29, 1.82) is 0 Å². The number of hydrogen-bond acceptors (Lipinski definition) is 4. The molecule has 2 aromatic heterocycles. The number of H-pyrrole nitrogens is 1. The number of rotatable bonds is 5. The van der Waals surface area contributed by atoms with Gasteiger partial charge in [0.15, 0.2) is 0 Å². The van der Waals surface area contributed by atoms with Crippen LogP contribution in [0.15, 0.2) is 24.7 Å². The number of nitrogens with one attached hydrogen (secondary N) is 2. The van der Waals surface area contributed by atoms with Crippen molar-refractivity contribution in [2.24, 2.45) is 0 Å². The zero-order valence-corrected chi connectivity index (χ0v) is 11.5.